The lowest BCUT2D eigenvalue weighted by Gasteiger charge is -2.13. The zero-order valence-electron chi connectivity index (χ0n) is 10.8. The van der Waals surface area contributed by atoms with Gasteiger partial charge in [0.05, 0.1) is 10.9 Å². The molecule has 2 aromatic rings. The standard InChI is InChI=1S/C15H16N2OS/c1-10(11-5-7-16-8-6-11)17-15(18)14-9-12-3-2-4-13(12)19-14/h5-10H,2-4H2,1H3,(H,17,18). The van der Waals surface area contributed by atoms with Gasteiger partial charge >= 0.3 is 0 Å². The molecule has 0 aromatic carbocycles. The van der Waals surface area contributed by atoms with Crippen LogP contribution in [0, 0.1) is 0 Å². The van der Waals surface area contributed by atoms with E-state index in [0.717, 1.165) is 23.3 Å². The molecule has 0 radical (unpaired) electrons. The number of carbonyl (C=O) groups excluding carboxylic acids is 1. The van der Waals surface area contributed by atoms with Crippen molar-refractivity contribution in [3.8, 4) is 0 Å². The van der Waals surface area contributed by atoms with E-state index in [9.17, 15) is 4.79 Å². The van der Waals surface area contributed by atoms with Crippen LogP contribution < -0.4 is 5.32 Å². The molecule has 2 heterocycles. The number of nitrogens with one attached hydrogen (secondary N) is 1. The number of nitrogens with zero attached hydrogens (tertiary/aromatic N) is 1. The van der Waals surface area contributed by atoms with Gasteiger partial charge in [-0.2, -0.15) is 0 Å². The molecule has 1 atom stereocenters. The second-order valence-electron chi connectivity index (χ2n) is 4.89. The Balaban J connectivity index is 1.71. The van der Waals surface area contributed by atoms with Gasteiger partial charge < -0.3 is 5.32 Å². The van der Waals surface area contributed by atoms with Crippen LogP contribution >= 0.6 is 11.3 Å². The normalized spacial score (nSPS) is 15.0. The largest absolute Gasteiger partial charge is 0.345 e. The van der Waals surface area contributed by atoms with E-state index in [1.54, 1.807) is 23.7 Å². The van der Waals surface area contributed by atoms with Crippen molar-refractivity contribution in [3.05, 3.63) is 51.5 Å². The van der Waals surface area contributed by atoms with Crippen molar-refractivity contribution in [1.29, 1.82) is 0 Å². The zero-order chi connectivity index (χ0) is 13.2. The van der Waals surface area contributed by atoms with Crippen LogP contribution in [-0.4, -0.2) is 10.9 Å². The molecule has 1 aliphatic carbocycles. The first kappa shape index (κ1) is 12.4. The van der Waals surface area contributed by atoms with Gasteiger partial charge in [0, 0.05) is 17.3 Å². The number of hydrogen-bond acceptors (Lipinski definition) is 3. The Hall–Kier alpha value is -1.68. The summed E-state index contributed by atoms with van der Waals surface area (Å²) in [4.78, 5) is 18.4. The maximum Gasteiger partial charge on any atom is 0.261 e. The lowest BCUT2D eigenvalue weighted by atomic mass is 10.1. The molecule has 4 heteroatoms. The Morgan fingerprint density at radius 3 is 2.89 bits per heavy atom. The van der Waals surface area contributed by atoms with Crippen LogP contribution in [-0.2, 0) is 12.8 Å². The average molecular weight is 272 g/mol. The molecule has 0 spiro atoms. The van der Waals surface area contributed by atoms with Crippen molar-refractivity contribution in [2.75, 3.05) is 0 Å². The molecule has 1 unspecified atom stereocenters. The smallest absolute Gasteiger partial charge is 0.261 e. The molecule has 2 aromatic heterocycles. The second kappa shape index (κ2) is 5.13. The Kier molecular flexibility index (Phi) is 3.34. The first-order valence-electron chi connectivity index (χ1n) is 6.56. The van der Waals surface area contributed by atoms with Crippen LogP contribution in [0.5, 0.6) is 0 Å². The Labute approximate surface area is 116 Å². The number of hydrogen-bond donors (Lipinski definition) is 1. The predicted octanol–water partition coefficient (Wildman–Crippen LogP) is 3.12. The molecule has 3 nitrogen and oxygen atoms in total. The van der Waals surface area contributed by atoms with Gasteiger partial charge in [0.2, 0.25) is 0 Å². The quantitative estimate of drug-likeness (QED) is 0.932. The van der Waals surface area contributed by atoms with Crippen LogP contribution in [0.2, 0.25) is 0 Å². The van der Waals surface area contributed by atoms with Gasteiger partial charge in [-0.25, -0.2) is 0 Å². The molecule has 1 amide bonds. The van der Waals surface area contributed by atoms with Crippen molar-refractivity contribution in [2.24, 2.45) is 0 Å². The summed E-state index contributed by atoms with van der Waals surface area (Å²) in [6.45, 7) is 1.99. The first-order valence-corrected chi connectivity index (χ1v) is 7.38. The minimum absolute atomic E-state index is 0.00689. The summed E-state index contributed by atoms with van der Waals surface area (Å²) in [6, 6.07) is 5.92. The van der Waals surface area contributed by atoms with Crippen LogP contribution in [0.15, 0.2) is 30.6 Å². The summed E-state index contributed by atoms with van der Waals surface area (Å²) in [5, 5.41) is 3.04. The third-order valence-electron chi connectivity index (χ3n) is 3.52. The third-order valence-corrected chi connectivity index (χ3v) is 4.76. The van der Waals surface area contributed by atoms with E-state index in [4.69, 9.17) is 0 Å². The van der Waals surface area contributed by atoms with Crippen LogP contribution in [0.1, 0.15) is 45.1 Å². The predicted molar refractivity (Wildman–Crippen MR) is 76.5 cm³/mol. The number of pyridine rings is 1. The first-order chi connectivity index (χ1) is 9.24. The van der Waals surface area contributed by atoms with Gasteiger partial charge in [-0.15, -0.1) is 11.3 Å². The Morgan fingerprint density at radius 2 is 2.16 bits per heavy atom. The number of carbonyl (C=O) groups is 1. The van der Waals surface area contributed by atoms with E-state index in [0.29, 0.717) is 0 Å². The van der Waals surface area contributed by atoms with Crippen LogP contribution in [0.25, 0.3) is 0 Å². The molecule has 0 fully saturated rings. The molecule has 0 bridgehead atoms. The Bertz CT molecular complexity index is 570. The maximum atomic E-state index is 12.2. The summed E-state index contributed by atoms with van der Waals surface area (Å²) in [5.41, 5.74) is 2.44. The topological polar surface area (TPSA) is 42.0 Å². The number of aryl methyl sites for hydroxylation is 2. The minimum atomic E-state index is 0.00689. The molecular formula is C15H16N2OS. The number of thiophene rings is 1. The monoisotopic (exact) mass is 272 g/mol. The van der Waals surface area contributed by atoms with Crippen molar-refractivity contribution in [1.82, 2.24) is 10.3 Å². The lowest BCUT2D eigenvalue weighted by Crippen LogP contribution is -2.25. The van der Waals surface area contributed by atoms with Gasteiger partial charge in [-0.1, -0.05) is 0 Å². The fraction of sp³-hybridized carbons (Fsp3) is 0.333. The minimum Gasteiger partial charge on any atom is -0.345 e. The zero-order valence-corrected chi connectivity index (χ0v) is 11.7. The number of rotatable bonds is 3. The van der Waals surface area contributed by atoms with E-state index in [1.807, 2.05) is 19.1 Å². The van der Waals surface area contributed by atoms with E-state index in [2.05, 4.69) is 16.4 Å². The SMILES string of the molecule is CC(NC(=O)c1cc2c(s1)CCC2)c1ccncc1. The van der Waals surface area contributed by atoms with Crippen molar-refractivity contribution in [3.63, 3.8) is 0 Å². The number of amides is 1. The summed E-state index contributed by atoms with van der Waals surface area (Å²) >= 11 is 1.64. The third kappa shape index (κ3) is 2.54. The lowest BCUT2D eigenvalue weighted by molar-refractivity contribution is 0.0944. The fourth-order valence-electron chi connectivity index (χ4n) is 2.44. The molecule has 3 rings (SSSR count). The number of fused-ring (bicyclic) bond motifs is 1. The van der Waals surface area contributed by atoms with E-state index >= 15 is 0 Å². The van der Waals surface area contributed by atoms with E-state index < -0.39 is 0 Å². The van der Waals surface area contributed by atoms with Gasteiger partial charge in [0.15, 0.2) is 0 Å². The Morgan fingerprint density at radius 1 is 1.37 bits per heavy atom. The highest BCUT2D eigenvalue weighted by Gasteiger charge is 2.19. The van der Waals surface area contributed by atoms with E-state index in [-0.39, 0.29) is 11.9 Å². The van der Waals surface area contributed by atoms with Crippen molar-refractivity contribution >= 4 is 17.2 Å². The molecule has 98 valence electrons. The van der Waals surface area contributed by atoms with Crippen LogP contribution in [0.4, 0.5) is 0 Å². The molecule has 0 saturated carbocycles. The molecule has 1 N–H and O–H groups in total. The average Bonchev–Trinajstić information content (AvgIpc) is 3.00. The molecule has 19 heavy (non-hydrogen) atoms. The molecule has 0 aliphatic heterocycles. The van der Waals surface area contributed by atoms with E-state index in [1.165, 1.54) is 16.9 Å². The highest BCUT2D eigenvalue weighted by atomic mass is 32.1. The summed E-state index contributed by atoms with van der Waals surface area (Å²) < 4.78 is 0. The summed E-state index contributed by atoms with van der Waals surface area (Å²) in [6.07, 6.45) is 6.98. The van der Waals surface area contributed by atoms with Gasteiger partial charge in [-0.05, 0) is 55.5 Å². The fourth-order valence-corrected chi connectivity index (χ4v) is 3.60. The summed E-state index contributed by atoms with van der Waals surface area (Å²) in [7, 11) is 0. The summed E-state index contributed by atoms with van der Waals surface area (Å²) in [5.74, 6) is 0.0312. The highest BCUT2D eigenvalue weighted by molar-refractivity contribution is 7.14. The number of aromatic nitrogens is 1. The van der Waals surface area contributed by atoms with Gasteiger partial charge in [0.25, 0.3) is 5.91 Å². The highest BCUT2D eigenvalue weighted by Crippen LogP contribution is 2.30. The molecule has 0 saturated heterocycles. The molecular weight excluding hydrogens is 256 g/mol. The van der Waals surface area contributed by atoms with Gasteiger partial charge in [-0.3, -0.25) is 9.78 Å². The molecule has 1 aliphatic rings. The maximum absolute atomic E-state index is 12.2. The van der Waals surface area contributed by atoms with Crippen molar-refractivity contribution in [2.45, 2.75) is 32.2 Å². The van der Waals surface area contributed by atoms with Crippen LogP contribution in [0.3, 0.4) is 0 Å². The van der Waals surface area contributed by atoms with Gasteiger partial charge in [0.1, 0.15) is 0 Å². The second-order valence-corrected chi connectivity index (χ2v) is 6.03. The van der Waals surface area contributed by atoms with Crippen molar-refractivity contribution < 1.29 is 4.79 Å².